The van der Waals surface area contributed by atoms with Crippen molar-refractivity contribution in [2.75, 3.05) is 39.9 Å². The summed E-state index contributed by atoms with van der Waals surface area (Å²) in [5.74, 6) is 1.98. The van der Waals surface area contributed by atoms with Crippen molar-refractivity contribution in [1.29, 1.82) is 0 Å². The molecule has 5 heteroatoms. The molecule has 0 unspecified atom stereocenters. The summed E-state index contributed by atoms with van der Waals surface area (Å²) in [6, 6.07) is 10.1. The second-order valence-corrected chi connectivity index (χ2v) is 5.70. The van der Waals surface area contributed by atoms with Crippen LogP contribution in [0.5, 0.6) is 5.75 Å². The van der Waals surface area contributed by atoms with Gasteiger partial charge in [-0.05, 0) is 25.5 Å². The Morgan fingerprint density at radius 3 is 2.65 bits per heavy atom. The van der Waals surface area contributed by atoms with Crippen molar-refractivity contribution in [3.8, 4) is 5.75 Å². The highest BCUT2D eigenvalue weighted by molar-refractivity contribution is 5.80. The van der Waals surface area contributed by atoms with Gasteiger partial charge >= 0.3 is 0 Å². The zero-order valence-corrected chi connectivity index (χ0v) is 14.3. The van der Waals surface area contributed by atoms with Gasteiger partial charge in [0.2, 0.25) is 0 Å². The van der Waals surface area contributed by atoms with E-state index in [9.17, 15) is 0 Å². The van der Waals surface area contributed by atoms with Gasteiger partial charge in [-0.1, -0.05) is 18.2 Å². The number of piperidine rings is 1. The molecule has 0 atom stereocenters. The van der Waals surface area contributed by atoms with Crippen molar-refractivity contribution < 1.29 is 9.47 Å². The van der Waals surface area contributed by atoms with Gasteiger partial charge in [0.25, 0.3) is 0 Å². The number of nitrogens with one attached hydrogen (secondary N) is 1. The highest BCUT2D eigenvalue weighted by Crippen LogP contribution is 2.18. The maximum Gasteiger partial charge on any atom is 0.193 e. The molecule has 1 aliphatic heterocycles. The van der Waals surface area contributed by atoms with Gasteiger partial charge in [-0.15, -0.1) is 0 Å². The van der Waals surface area contributed by atoms with Crippen molar-refractivity contribution in [3.63, 3.8) is 0 Å². The second-order valence-electron chi connectivity index (χ2n) is 5.70. The summed E-state index contributed by atoms with van der Waals surface area (Å²) >= 11 is 0. The van der Waals surface area contributed by atoms with Gasteiger partial charge in [0, 0.05) is 52.7 Å². The molecule has 23 heavy (non-hydrogen) atoms. The third-order valence-corrected chi connectivity index (χ3v) is 3.89. The second kappa shape index (κ2) is 10.1. The lowest BCUT2D eigenvalue weighted by Gasteiger charge is -2.34. The third kappa shape index (κ3) is 6.10. The minimum atomic E-state index is 0.296. The molecule has 0 bridgehead atoms. The van der Waals surface area contributed by atoms with Crippen LogP contribution in [0.15, 0.2) is 35.3 Å². The molecule has 0 aliphatic carbocycles. The standard InChI is InChI=1S/C18H29N3O2/c1-3-19-18(20-12-7-15-22-2)21-13-10-17(11-14-21)23-16-8-5-4-6-9-16/h4-6,8-9,17H,3,7,10-15H2,1-2H3,(H,19,20). The summed E-state index contributed by atoms with van der Waals surface area (Å²) < 4.78 is 11.1. The fourth-order valence-electron chi connectivity index (χ4n) is 2.70. The zero-order chi connectivity index (χ0) is 16.3. The number of methoxy groups -OCH3 is 1. The molecule has 0 saturated carbocycles. The Labute approximate surface area is 139 Å². The van der Waals surface area contributed by atoms with E-state index < -0.39 is 0 Å². The number of likely N-dealkylation sites (tertiary alicyclic amines) is 1. The van der Waals surface area contributed by atoms with Gasteiger partial charge in [0.1, 0.15) is 11.9 Å². The molecule has 1 aromatic carbocycles. The van der Waals surface area contributed by atoms with Crippen molar-refractivity contribution in [1.82, 2.24) is 10.2 Å². The number of benzene rings is 1. The number of ether oxygens (including phenoxy) is 2. The molecule has 128 valence electrons. The molecule has 1 saturated heterocycles. The molecular weight excluding hydrogens is 290 g/mol. The molecule has 1 heterocycles. The Hall–Kier alpha value is -1.75. The van der Waals surface area contributed by atoms with E-state index in [2.05, 4.69) is 17.1 Å². The van der Waals surface area contributed by atoms with Crippen molar-refractivity contribution in [2.24, 2.45) is 4.99 Å². The van der Waals surface area contributed by atoms with Crippen LogP contribution in [0.3, 0.4) is 0 Å². The molecule has 0 radical (unpaired) electrons. The van der Waals surface area contributed by atoms with E-state index in [1.54, 1.807) is 7.11 Å². The first-order chi connectivity index (χ1) is 11.3. The SMILES string of the molecule is CCNC(=NCCCOC)N1CCC(Oc2ccccc2)CC1. The number of hydrogen-bond acceptors (Lipinski definition) is 3. The number of hydrogen-bond donors (Lipinski definition) is 1. The molecular formula is C18H29N3O2. The highest BCUT2D eigenvalue weighted by atomic mass is 16.5. The molecule has 1 aliphatic rings. The van der Waals surface area contributed by atoms with Crippen molar-refractivity contribution >= 4 is 5.96 Å². The lowest BCUT2D eigenvalue weighted by atomic mass is 10.1. The largest absolute Gasteiger partial charge is 0.490 e. The smallest absolute Gasteiger partial charge is 0.193 e. The summed E-state index contributed by atoms with van der Waals surface area (Å²) in [4.78, 5) is 7.03. The van der Waals surface area contributed by atoms with Gasteiger partial charge in [-0.2, -0.15) is 0 Å². The van der Waals surface area contributed by atoms with Crippen LogP contribution < -0.4 is 10.1 Å². The first kappa shape index (κ1) is 17.6. The van der Waals surface area contributed by atoms with Crippen LogP contribution in [0.2, 0.25) is 0 Å². The molecule has 0 spiro atoms. The summed E-state index contributed by atoms with van der Waals surface area (Å²) in [5, 5.41) is 3.39. The number of nitrogens with zero attached hydrogens (tertiary/aromatic N) is 2. The number of guanidine groups is 1. The average molecular weight is 319 g/mol. The van der Waals surface area contributed by atoms with Crippen molar-refractivity contribution in [2.45, 2.75) is 32.3 Å². The van der Waals surface area contributed by atoms with Crippen molar-refractivity contribution in [3.05, 3.63) is 30.3 Å². The van der Waals surface area contributed by atoms with Crippen LogP contribution in [0.1, 0.15) is 26.2 Å². The quantitative estimate of drug-likeness (QED) is 0.476. The first-order valence-corrected chi connectivity index (χ1v) is 8.57. The third-order valence-electron chi connectivity index (χ3n) is 3.89. The first-order valence-electron chi connectivity index (χ1n) is 8.57. The molecule has 1 N–H and O–H groups in total. The molecule has 5 nitrogen and oxygen atoms in total. The normalized spacial score (nSPS) is 16.4. The Morgan fingerprint density at radius 2 is 2.00 bits per heavy atom. The lowest BCUT2D eigenvalue weighted by molar-refractivity contribution is 0.129. The summed E-state index contributed by atoms with van der Waals surface area (Å²) in [5.41, 5.74) is 0. The van der Waals surface area contributed by atoms with Gasteiger partial charge in [0.05, 0.1) is 0 Å². The average Bonchev–Trinajstić information content (AvgIpc) is 2.59. The van der Waals surface area contributed by atoms with Crippen LogP contribution in [0, 0.1) is 0 Å². The summed E-state index contributed by atoms with van der Waals surface area (Å²) in [7, 11) is 1.73. The minimum absolute atomic E-state index is 0.296. The van der Waals surface area contributed by atoms with E-state index in [1.807, 2.05) is 30.3 Å². The lowest BCUT2D eigenvalue weighted by Crippen LogP contribution is -2.47. The Balaban J connectivity index is 1.80. The fourth-order valence-corrected chi connectivity index (χ4v) is 2.70. The Bertz CT molecular complexity index is 457. The van der Waals surface area contributed by atoms with E-state index in [1.165, 1.54) is 0 Å². The molecule has 1 aromatic rings. The zero-order valence-electron chi connectivity index (χ0n) is 14.3. The topological polar surface area (TPSA) is 46.1 Å². The van der Waals surface area contributed by atoms with Crippen LogP contribution >= 0.6 is 0 Å². The Kier molecular flexibility index (Phi) is 7.73. The molecule has 1 fully saturated rings. The van der Waals surface area contributed by atoms with Gasteiger partial charge in [0.15, 0.2) is 5.96 Å². The maximum absolute atomic E-state index is 6.05. The monoisotopic (exact) mass is 319 g/mol. The number of rotatable bonds is 7. The summed E-state index contributed by atoms with van der Waals surface area (Å²) in [6.07, 6.45) is 3.30. The Morgan fingerprint density at radius 1 is 1.26 bits per heavy atom. The van der Waals surface area contributed by atoms with E-state index in [-0.39, 0.29) is 0 Å². The predicted octanol–water partition coefficient (Wildman–Crippen LogP) is 2.53. The predicted molar refractivity (Wildman–Crippen MR) is 94.1 cm³/mol. The van der Waals surface area contributed by atoms with Crippen LogP contribution in [0.4, 0.5) is 0 Å². The van der Waals surface area contributed by atoms with Crippen LogP contribution in [-0.2, 0) is 4.74 Å². The number of aliphatic imine (C=N–C) groups is 1. The maximum atomic E-state index is 6.05. The fraction of sp³-hybridized carbons (Fsp3) is 0.611. The van der Waals surface area contributed by atoms with Crippen LogP contribution in [0.25, 0.3) is 0 Å². The van der Waals surface area contributed by atoms with Crippen LogP contribution in [-0.4, -0.2) is 56.9 Å². The van der Waals surface area contributed by atoms with E-state index in [4.69, 9.17) is 14.5 Å². The van der Waals surface area contributed by atoms with Gasteiger partial charge in [-0.3, -0.25) is 4.99 Å². The molecule has 0 amide bonds. The van der Waals surface area contributed by atoms with Gasteiger partial charge < -0.3 is 19.7 Å². The number of para-hydroxylation sites is 1. The summed E-state index contributed by atoms with van der Waals surface area (Å²) in [6.45, 7) is 6.52. The van der Waals surface area contributed by atoms with E-state index >= 15 is 0 Å². The molecule has 2 rings (SSSR count). The molecule has 0 aromatic heterocycles. The van der Waals surface area contributed by atoms with Gasteiger partial charge in [-0.25, -0.2) is 0 Å². The van der Waals surface area contributed by atoms with E-state index in [0.29, 0.717) is 6.10 Å². The highest BCUT2D eigenvalue weighted by Gasteiger charge is 2.22. The minimum Gasteiger partial charge on any atom is -0.490 e. The van der Waals surface area contributed by atoms with E-state index in [0.717, 1.165) is 63.8 Å².